The lowest BCUT2D eigenvalue weighted by atomic mass is 10.1. The molecule has 0 N–H and O–H groups in total. The second kappa shape index (κ2) is 5.08. The molecule has 1 aliphatic rings. The topological polar surface area (TPSA) is 43.4 Å². The fourth-order valence-electron chi connectivity index (χ4n) is 1.70. The Kier molecular flexibility index (Phi) is 3.50. The van der Waals surface area contributed by atoms with Gasteiger partial charge in [0.2, 0.25) is 0 Å². The molecule has 0 aliphatic heterocycles. The first-order valence-electron chi connectivity index (χ1n) is 5.47. The number of carbonyl (C=O) groups is 2. The Morgan fingerprint density at radius 1 is 1.17 bits per heavy atom. The van der Waals surface area contributed by atoms with E-state index in [4.69, 9.17) is 4.74 Å². The summed E-state index contributed by atoms with van der Waals surface area (Å²) in [5.74, 6) is -3.09. The van der Waals surface area contributed by atoms with Gasteiger partial charge in [0, 0.05) is 18.9 Å². The lowest BCUT2D eigenvalue weighted by molar-refractivity contribution is -0.115. The number of carbonyl (C=O) groups excluding carboxylic acids is 2. The first-order valence-corrected chi connectivity index (χ1v) is 5.47. The van der Waals surface area contributed by atoms with Crippen LogP contribution >= 0.6 is 0 Å². The molecule has 1 aromatic rings. The van der Waals surface area contributed by atoms with Gasteiger partial charge in [0.25, 0.3) is 0 Å². The molecule has 5 heteroatoms. The van der Waals surface area contributed by atoms with Crippen molar-refractivity contribution >= 4 is 11.8 Å². The van der Waals surface area contributed by atoms with E-state index >= 15 is 0 Å². The van der Waals surface area contributed by atoms with Crippen molar-refractivity contribution in [3.05, 3.63) is 47.2 Å². The molecule has 0 unspecified atom stereocenters. The van der Waals surface area contributed by atoms with E-state index in [2.05, 4.69) is 0 Å². The number of benzene rings is 1. The van der Waals surface area contributed by atoms with E-state index in [-0.39, 0.29) is 11.5 Å². The molecule has 3 nitrogen and oxygen atoms in total. The molecule has 0 fully saturated rings. The Morgan fingerprint density at radius 3 is 2.44 bits per heavy atom. The summed E-state index contributed by atoms with van der Waals surface area (Å²) < 4.78 is 31.4. The van der Waals surface area contributed by atoms with Crippen molar-refractivity contribution in [1.82, 2.24) is 0 Å². The number of ketones is 1. The molecule has 2 rings (SSSR count). The summed E-state index contributed by atoms with van der Waals surface area (Å²) in [5, 5.41) is 0. The minimum Gasteiger partial charge on any atom is -0.427 e. The molecule has 0 radical (unpaired) electrons. The van der Waals surface area contributed by atoms with E-state index in [9.17, 15) is 18.4 Å². The third-order valence-electron chi connectivity index (χ3n) is 2.56. The second-order valence-corrected chi connectivity index (χ2v) is 3.92. The van der Waals surface area contributed by atoms with Crippen LogP contribution in [0.2, 0.25) is 0 Å². The van der Waals surface area contributed by atoms with Crippen molar-refractivity contribution in [2.75, 3.05) is 0 Å². The largest absolute Gasteiger partial charge is 0.427 e. The Labute approximate surface area is 102 Å². The van der Waals surface area contributed by atoms with Crippen LogP contribution in [0.15, 0.2) is 30.0 Å². The maximum atomic E-state index is 13.3. The number of hydrogen-bond acceptors (Lipinski definition) is 3. The van der Waals surface area contributed by atoms with Gasteiger partial charge in [-0.05, 0) is 18.6 Å². The molecule has 0 amide bonds. The highest BCUT2D eigenvalue weighted by Gasteiger charge is 2.21. The minimum atomic E-state index is -1.12. The molecular weight excluding hydrogens is 242 g/mol. The van der Waals surface area contributed by atoms with Gasteiger partial charge in [-0.15, -0.1) is 0 Å². The van der Waals surface area contributed by atoms with Crippen LogP contribution in [0.4, 0.5) is 8.78 Å². The van der Waals surface area contributed by atoms with E-state index in [0.717, 1.165) is 18.2 Å². The summed E-state index contributed by atoms with van der Waals surface area (Å²) >= 11 is 0. The van der Waals surface area contributed by atoms with E-state index in [1.165, 1.54) is 6.08 Å². The molecule has 94 valence electrons. The van der Waals surface area contributed by atoms with Gasteiger partial charge < -0.3 is 4.74 Å². The summed E-state index contributed by atoms with van der Waals surface area (Å²) in [6, 6.07) is 3.10. The van der Waals surface area contributed by atoms with Crippen molar-refractivity contribution in [2.24, 2.45) is 0 Å². The van der Waals surface area contributed by atoms with Gasteiger partial charge in [0.05, 0.1) is 0 Å². The van der Waals surface area contributed by atoms with Gasteiger partial charge in [-0.1, -0.05) is 6.07 Å². The van der Waals surface area contributed by atoms with Crippen LogP contribution in [0, 0.1) is 11.6 Å². The van der Waals surface area contributed by atoms with Crippen LogP contribution in [-0.4, -0.2) is 11.8 Å². The fraction of sp³-hybridized carbons (Fsp3) is 0.231. The van der Waals surface area contributed by atoms with Crippen LogP contribution in [-0.2, 0) is 9.53 Å². The molecule has 0 saturated carbocycles. The lowest BCUT2D eigenvalue weighted by Gasteiger charge is -2.12. The lowest BCUT2D eigenvalue weighted by Crippen LogP contribution is -2.13. The average molecular weight is 252 g/mol. The fourth-order valence-corrected chi connectivity index (χ4v) is 1.70. The Morgan fingerprint density at radius 2 is 1.83 bits per heavy atom. The van der Waals surface area contributed by atoms with Crippen LogP contribution < -0.4 is 0 Å². The highest BCUT2D eigenvalue weighted by Crippen LogP contribution is 2.20. The number of ether oxygens (including phenoxy) is 1. The zero-order chi connectivity index (χ0) is 13.1. The maximum Gasteiger partial charge on any atom is 0.349 e. The van der Waals surface area contributed by atoms with Crippen LogP contribution in [0.5, 0.6) is 0 Å². The zero-order valence-corrected chi connectivity index (χ0v) is 9.41. The standard InChI is InChI=1S/C13H10F2O3/c14-10-5-2-6-11(15)12(10)13(17)18-9-4-1-3-8(16)7-9/h2,5-7H,1,3-4H2. The van der Waals surface area contributed by atoms with Gasteiger partial charge in [0.15, 0.2) is 5.78 Å². The Bertz CT molecular complexity index is 515. The zero-order valence-electron chi connectivity index (χ0n) is 9.41. The van der Waals surface area contributed by atoms with E-state index in [0.29, 0.717) is 19.3 Å². The second-order valence-electron chi connectivity index (χ2n) is 3.92. The van der Waals surface area contributed by atoms with Crippen molar-refractivity contribution in [1.29, 1.82) is 0 Å². The third-order valence-corrected chi connectivity index (χ3v) is 2.56. The van der Waals surface area contributed by atoms with Gasteiger partial charge >= 0.3 is 5.97 Å². The summed E-state index contributed by atoms with van der Waals surface area (Å²) in [7, 11) is 0. The normalized spacial score (nSPS) is 15.2. The van der Waals surface area contributed by atoms with Crippen molar-refractivity contribution in [2.45, 2.75) is 19.3 Å². The van der Waals surface area contributed by atoms with Gasteiger partial charge in [-0.25, -0.2) is 13.6 Å². The van der Waals surface area contributed by atoms with E-state index in [1.807, 2.05) is 0 Å². The van der Waals surface area contributed by atoms with Crippen molar-refractivity contribution in [3.63, 3.8) is 0 Å². The predicted molar refractivity (Wildman–Crippen MR) is 58.7 cm³/mol. The molecule has 0 atom stereocenters. The van der Waals surface area contributed by atoms with Crippen LogP contribution in [0.25, 0.3) is 0 Å². The SMILES string of the molecule is O=C1C=C(OC(=O)c2c(F)cccc2F)CCC1. The third kappa shape index (κ3) is 2.61. The molecule has 0 heterocycles. The van der Waals surface area contributed by atoms with Gasteiger partial charge in [-0.2, -0.15) is 0 Å². The predicted octanol–water partition coefficient (Wildman–Crippen LogP) is 2.76. The smallest absolute Gasteiger partial charge is 0.349 e. The molecular formula is C13H10F2O3. The molecule has 0 aromatic heterocycles. The van der Waals surface area contributed by atoms with Crippen molar-refractivity contribution < 1.29 is 23.1 Å². The Balaban J connectivity index is 2.20. The molecule has 0 spiro atoms. The first-order chi connectivity index (χ1) is 8.58. The number of halogens is 2. The monoisotopic (exact) mass is 252 g/mol. The maximum absolute atomic E-state index is 13.3. The highest BCUT2D eigenvalue weighted by molar-refractivity contribution is 5.93. The van der Waals surface area contributed by atoms with Gasteiger partial charge in [0.1, 0.15) is 23.0 Å². The summed E-state index contributed by atoms with van der Waals surface area (Å²) in [6.07, 6.45) is 2.57. The Hall–Kier alpha value is -2.04. The molecule has 18 heavy (non-hydrogen) atoms. The number of allylic oxidation sites excluding steroid dienone is 2. The summed E-state index contributed by atoms with van der Waals surface area (Å²) in [6.45, 7) is 0. The number of rotatable bonds is 2. The molecule has 1 aliphatic carbocycles. The van der Waals surface area contributed by atoms with Crippen molar-refractivity contribution in [3.8, 4) is 0 Å². The number of hydrogen-bond donors (Lipinski definition) is 0. The molecule has 0 saturated heterocycles. The first kappa shape index (κ1) is 12.4. The molecule has 1 aromatic carbocycles. The van der Waals surface area contributed by atoms with Crippen LogP contribution in [0.1, 0.15) is 29.6 Å². The minimum absolute atomic E-state index is 0.152. The average Bonchev–Trinajstić information content (AvgIpc) is 2.28. The van der Waals surface area contributed by atoms with E-state index < -0.39 is 23.2 Å². The summed E-state index contributed by atoms with van der Waals surface area (Å²) in [5.41, 5.74) is -0.739. The highest BCUT2D eigenvalue weighted by atomic mass is 19.1. The molecule has 0 bridgehead atoms. The van der Waals surface area contributed by atoms with E-state index in [1.54, 1.807) is 0 Å². The number of esters is 1. The van der Waals surface area contributed by atoms with Gasteiger partial charge in [-0.3, -0.25) is 4.79 Å². The van der Waals surface area contributed by atoms with Crippen LogP contribution in [0.3, 0.4) is 0 Å². The summed E-state index contributed by atoms with van der Waals surface area (Å²) in [4.78, 5) is 22.7. The quantitative estimate of drug-likeness (QED) is 0.760.